The Hall–Kier alpha value is -0.720. The summed E-state index contributed by atoms with van der Waals surface area (Å²) in [6.07, 6.45) is 0. The van der Waals surface area contributed by atoms with Crippen molar-refractivity contribution in [3.8, 4) is 5.75 Å². The maximum atomic E-state index is 13.3. The Balaban J connectivity index is 2.49. The van der Waals surface area contributed by atoms with E-state index in [0.29, 0.717) is 10.0 Å². The zero-order valence-corrected chi connectivity index (χ0v) is 9.40. The van der Waals surface area contributed by atoms with Crippen LogP contribution in [0, 0.1) is 11.6 Å². The smallest absolute Gasteiger partial charge is 0.201 e. The molecule has 2 rings (SSSR count). The van der Waals surface area contributed by atoms with E-state index < -0.39 is 11.6 Å². The minimum atomic E-state index is -0.964. The van der Waals surface area contributed by atoms with Crippen LogP contribution in [0.15, 0.2) is 10.5 Å². The molecule has 15 heavy (non-hydrogen) atoms. The first-order valence-electron chi connectivity index (χ1n) is 4.24. The van der Waals surface area contributed by atoms with Gasteiger partial charge in [-0.15, -0.1) is 0 Å². The highest BCUT2D eigenvalue weighted by Crippen LogP contribution is 2.40. The van der Waals surface area contributed by atoms with Gasteiger partial charge in [-0.25, -0.2) is 4.39 Å². The molecule has 1 N–H and O–H groups in total. The summed E-state index contributed by atoms with van der Waals surface area (Å²) in [5.41, 5.74) is 3.18. The van der Waals surface area contributed by atoms with E-state index >= 15 is 0 Å². The third-order valence-corrected chi connectivity index (χ3v) is 2.82. The van der Waals surface area contributed by atoms with Crippen molar-refractivity contribution < 1.29 is 18.4 Å². The van der Waals surface area contributed by atoms with E-state index in [1.165, 1.54) is 7.11 Å². The lowest BCUT2D eigenvalue weighted by molar-refractivity contribution is 0.0533. The number of fused-ring (bicyclic) bond motifs is 1. The molecule has 0 aliphatic carbocycles. The van der Waals surface area contributed by atoms with Crippen LogP contribution in [0.4, 0.5) is 8.78 Å². The van der Waals surface area contributed by atoms with Crippen molar-refractivity contribution in [1.29, 1.82) is 0 Å². The van der Waals surface area contributed by atoms with E-state index in [1.807, 2.05) is 0 Å². The molecule has 1 heterocycles. The average Bonchev–Trinajstić information content (AvgIpc) is 2.59. The van der Waals surface area contributed by atoms with Gasteiger partial charge in [-0.05, 0) is 6.07 Å². The predicted octanol–water partition coefficient (Wildman–Crippen LogP) is 2.31. The van der Waals surface area contributed by atoms with Gasteiger partial charge in [-0.1, -0.05) is 15.9 Å². The Kier molecular flexibility index (Phi) is 2.90. The monoisotopic (exact) mass is 279 g/mol. The van der Waals surface area contributed by atoms with Crippen molar-refractivity contribution in [3.05, 3.63) is 27.7 Å². The lowest BCUT2D eigenvalue weighted by Crippen LogP contribution is -2.21. The van der Waals surface area contributed by atoms with Crippen molar-refractivity contribution in [2.24, 2.45) is 0 Å². The average molecular weight is 280 g/mol. The summed E-state index contributed by atoms with van der Waals surface area (Å²) in [5, 5.41) is 0. The van der Waals surface area contributed by atoms with Crippen LogP contribution in [0.5, 0.6) is 5.75 Å². The van der Waals surface area contributed by atoms with E-state index in [4.69, 9.17) is 9.57 Å². The molecule has 0 bridgehead atoms. The number of nitrogens with one attached hydrogen (secondary N) is 1. The molecule has 1 unspecified atom stereocenters. The Labute approximate surface area is 93.5 Å². The van der Waals surface area contributed by atoms with Crippen LogP contribution in [0.1, 0.15) is 11.6 Å². The zero-order chi connectivity index (χ0) is 11.0. The van der Waals surface area contributed by atoms with Crippen LogP contribution in [-0.2, 0) is 4.84 Å². The highest BCUT2D eigenvalue weighted by Gasteiger charge is 2.31. The van der Waals surface area contributed by atoms with Gasteiger partial charge in [0, 0.05) is 10.0 Å². The number of benzene rings is 1. The number of rotatable bonds is 2. The quantitative estimate of drug-likeness (QED) is 0.666. The molecule has 82 valence electrons. The summed E-state index contributed by atoms with van der Waals surface area (Å²) in [7, 11) is 1.45. The summed E-state index contributed by atoms with van der Waals surface area (Å²) < 4.78 is 31.8. The molecular weight excluding hydrogens is 272 g/mol. The zero-order valence-electron chi connectivity index (χ0n) is 7.81. The fourth-order valence-electron chi connectivity index (χ4n) is 1.54. The summed E-state index contributed by atoms with van der Waals surface area (Å²) in [6.45, 7) is 0.210. The van der Waals surface area contributed by atoms with E-state index in [1.54, 1.807) is 0 Å². The Bertz CT molecular complexity index is 400. The molecule has 1 aromatic rings. The second-order valence-corrected chi connectivity index (χ2v) is 3.94. The molecule has 6 heteroatoms. The van der Waals surface area contributed by atoms with Crippen molar-refractivity contribution >= 4 is 15.9 Å². The summed E-state index contributed by atoms with van der Waals surface area (Å²) in [5.74, 6) is -1.95. The van der Waals surface area contributed by atoms with Gasteiger partial charge in [0.2, 0.25) is 5.82 Å². The minimum Gasteiger partial charge on any atom is -0.488 e. The van der Waals surface area contributed by atoms with Crippen LogP contribution >= 0.6 is 15.9 Å². The normalized spacial score (nSPS) is 18.8. The molecule has 0 saturated heterocycles. The first-order chi connectivity index (χ1) is 7.15. The molecule has 1 atom stereocenters. The summed E-state index contributed by atoms with van der Waals surface area (Å²) in [6, 6.07) is 0.780. The molecule has 3 nitrogen and oxygen atoms in total. The lowest BCUT2D eigenvalue weighted by Gasteiger charge is -2.10. The third-order valence-electron chi connectivity index (χ3n) is 2.17. The molecule has 1 aliphatic rings. The fraction of sp³-hybridized carbons (Fsp3) is 0.333. The van der Waals surface area contributed by atoms with Crippen LogP contribution < -0.4 is 10.2 Å². The van der Waals surface area contributed by atoms with Gasteiger partial charge in [-0.3, -0.25) is 0 Å². The summed E-state index contributed by atoms with van der Waals surface area (Å²) >= 11 is 3.16. The molecule has 0 amide bonds. The van der Waals surface area contributed by atoms with Crippen molar-refractivity contribution in [1.82, 2.24) is 5.48 Å². The van der Waals surface area contributed by atoms with Crippen molar-refractivity contribution in [2.45, 2.75) is 6.04 Å². The number of ether oxygens (including phenoxy) is 1. The van der Waals surface area contributed by atoms with Crippen molar-refractivity contribution in [2.75, 3.05) is 13.7 Å². The second kappa shape index (κ2) is 4.03. The largest absolute Gasteiger partial charge is 0.488 e. The number of halogens is 3. The van der Waals surface area contributed by atoms with Gasteiger partial charge in [0.25, 0.3) is 0 Å². The van der Waals surface area contributed by atoms with E-state index in [9.17, 15) is 8.78 Å². The van der Waals surface area contributed by atoms with Crippen LogP contribution in [0.3, 0.4) is 0 Å². The van der Waals surface area contributed by atoms with Gasteiger partial charge in [0.15, 0.2) is 11.6 Å². The van der Waals surface area contributed by atoms with E-state index in [0.717, 1.165) is 6.07 Å². The maximum Gasteiger partial charge on any atom is 0.201 e. The fourth-order valence-corrected chi connectivity index (χ4v) is 2.20. The highest BCUT2D eigenvalue weighted by molar-refractivity contribution is 9.10. The van der Waals surface area contributed by atoms with Gasteiger partial charge < -0.3 is 9.57 Å². The molecule has 0 radical (unpaired) electrons. The topological polar surface area (TPSA) is 30.5 Å². The minimum absolute atomic E-state index is 0.0589. The third kappa shape index (κ3) is 1.73. The van der Waals surface area contributed by atoms with E-state index in [-0.39, 0.29) is 18.4 Å². The molecule has 0 spiro atoms. The Morgan fingerprint density at radius 3 is 3.00 bits per heavy atom. The SMILES string of the molecule is CONC1COc2c(F)c(F)cc(Br)c21. The first kappa shape index (κ1) is 10.8. The molecule has 1 aliphatic heterocycles. The van der Waals surface area contributed by atoms with Crippen LogP contribution in [-0.4, -0.2) is 13.7 Å². The number of hydrogen-bond donors (Lipinski definition) is 1. The standard InChI is InChI=1S/C9H8BrF2NO2/c1-14-13-6-3-15-9-7(6)4(10)2-5(11)8(9)12/h2,6,13H,3H2,1H3. The highest BCUT2D eigenvalue weighted by atomic mass is 79.9. The van der Waals surface area contributed by atoms with Gasteiger partial charge in [-0.2, -0.15) is 9.87 Å². The Morgan fingerprint density at radius 1 is 1.60 bits per heavy atom. The molecule has 0 saturated carbocycles. The van der Waals surface area contributed by atoms with Gasteiger partial charge >= 0.3 is 0 Å². The number of hydrogen-bond acceptors (Lipinski definition) is 3. The summed E-state index contributed by atoms with van der Waals surface area (Å²) in [4.78, 5) is 4.74. The Morgan fingerprint density at radius 2 is 2.33 bits per heavy atom. The first-order valence-corrected chi connectivity index (χ1v) is 5.03. The predicted molar refractivity (Wildman–Crippen MR) is 52.4 cm³/mol. The number of hydroxylamine groups is 1. The molecule has 0 aromatic heterocycles. The lowest BCUT2D eigenvalue weighted by atomic mass is 10.1. The van der Waals surface area contributed by atoms with E-state index in [2.05, 4.69) is 21.4 Å². The maximum absolute atomic E-state index is 13.3. The second-order valence-electron chi connectivity index (χ2n) is 3.08. The van der Waals surface area contributed by atoms with Crippen molar-refractivity contribution in [3.63, 3.8) is 0 Å². The van der Waals surface area contributed by atoms with Gasteiger partial charge in [0.1, 0.15) is 6.61 Å². The van der Waals surface area contributed by atoms with Crippen LogP contribution in [0.25, 0.3) is 0 Å². The van der Waals surface area contributed by atoms with Crippen LogP contribution in [0.2, 0.25) is 0 Å². The molecule has 1 aromatic carbocycles. The van der Waals surface area contributed by atoms with Gasteiger partial charge in [0.05, 0.1) is 13.2 Å². The molecular formula is C9H8BrF2NO2. The molecule has 0 fully saturated rings.